The fourth-order valence-corrected chi connectivity index (χ4v) is 4.07. The molecule has 0 bridgehead atoms. The molecule has 0 spiro atoms. The van der Waals surface area contributed by atoms with E-state index in [0.29, 0.717) is 11.5 Å². The van der Waals surface area contributed by atoms with Crippen LogP contribution >= 0.6 is 0 Å². The van der Waals surface area contributed by atoms with Crippen molar-refractivity contribution in [3.63, 3.8) is 0 Å². The highest BCUT2D eigenvalue weighted by molar-refractivity contribution is 7.90. The van der Waals surface area contributed by atoms with Crippen LogP contribution in [-0.4, -0.2) is 53.0 Å². The Kier molecular flexibility index (Phi) is 5.64. The van der Waals surface area contributed by atoms with E-state index in [1.807, 2.05) is 19.1 Å². The molecule has 3 aromatic rings. The van der Waals surface area contributed by atoms with E-state index < -0.39 is 28.5 Å². The van der Waals surface area contributed by atoms with Crippen LogP contribution in [0.3, 0.4) is 0 Å². The summed E-state index contributed by atoms with van der Waals surface area (Å²) in [6.45, 7) is 0.574. The van der Waals surface area contributed by atoms with Gasteiger partial charge in [-0.2, -0.15) is 18.3 Å². The monoisotopic (exact) mass is 480 g/mol. The van der Waals surface area contributed by atoms with Crippen molar-refractivity contribution < 1.29 is 31.1 Å². The molecule has 174 valence electrons. The molecule has 1 aliphatic rings. The third kappa shape index (κ3) is 5.00. The van der Waals surface area contributed by atoms with Crippen molar-refractivity contribution in [2.75, 3.05) is 12.9 Å². The second-order valence-corrected chi connectivity index (χ2v) is 9.75. The van der Waals surface area contributed by atoms with Crippen molar-refractivity contribution in [3.8, 4) is 11.6 Å². The van der Waals surface area contributed by atoms with Crippen LogP contribution in [0.5, 0.6) is 5.75 Å². The molecule has 1 amide bonds. The van der Waals surface area contributed by atoms with Crippen LogP contribution < -0.4 is 4.74 Å². The summed E-state index contributed by atoms with van der Waals surface area (Å²) in [6, 6.07) is 6.91. The summed E-state index contributed by atoms with van der Waals surface area (Å²) < 4.78 is 68.2. The van der Waals surface area contributed by atoms with Crippen molar-refractivity contribution in [1.82, 2.24) is 19.7 Å². The van der Waals surface area contributed by atoms with Gasteiger partial charge in [0.2, 0.25) is 0 Å². The second kappa shape index (κ2) is 8.18. The number of rotatable bonds is 5. The predicted molar refractivity (Wildman–Crippen MR) is 111 cm³/mol. The highest BCUT2D eigenvalue weighted by Crippen LogP contribution is 2.30. The molecule has 1 aliphatic heterocycles. The van der Waals surface area contributed by atoms with Crippen molar-refractivity contribution in [3.05, 3.63) is 65.1 Å². The molecule has 8 nitrogen and oxygen atoms in total. The van der Waals surface area contributed by atoms with Gasteiger partial charge in [0.05, 0.1) is 22.7 Å². The largest absolute Gasteiger partial charge is 0.483 e. The van der Waals surface area contributed by atoms with Crippen molar-refractivity contribution >= 4 is 15.7 Å². The number of sulfone groups is 1. The highest BCUT2D eigenvalue weighted by atomic mass is 32.2. The van der Waals surface area contributed by atoms with Crippen LogP contribution in [0.15, 0.2) is 47.6 Å². The van der Waals surface area contributed by atoms with Gasteiger partial charge < -0.3 is 9.64 Å². The molecular weight excluding hydrogens is 461 g/mol. The summed E-state index contributed by atoms with van der Waals surface area (Å²) in [7, 11) is -3.70. The summed E-state index contributed by atoms with van der Waals surface area (Å²) in [5.74, 6) is -0.384. The third-order valence-electron chi connectivity index (χ3n) is 5.00. The van der Waals surface area contributed by atoms with Gasteiger partial charge in [0.1, 0.15) is 5.75 Å². The zero-order valence-corrected chi connectivity index (χ0v) is 18.4. The minimum Gasteiger partial charge on any atom is -0.483 e. The number of ether oxygens (including phenoxy) is 1. The van der Waals surface area contributed by atoms with Gasteiger partial charge >= 0.3 is 6.18 Å². The molecule has 4 rings (SSSR count). The molecule has 0 radical (unpaired) electrons. The third-order valence-corrected chi connectivity index (χ3v) is 6.11. The van der Waals surface area contributed by atoms with E-state index in [-0.39, 0.29) is 29.3 Å². The molecule has 33 heavy (non-hydrogen) atoms. The molecule has 0 aliphatic carbocycles. The first-order chi connectivity index (χ1) is 15.4. The lowest BCUT2D eigenvalue weighted by Crippen LogP contribution is -2.27. The van der Waals surface area contributed by atoms with E-state index in [0.717, 1.165) is 35.6 Å². The highest BCUT2D eigenvalue weighted by Gasteiger charge is 2.32. The summed E-state index contributed by atoms with van der Waals surface area (Å²) in [5.41, 5.74) is 2.11. The van der Waals surface area contributed by atoms with E-state index in [9.17, 15) is 26.4 Å². The smallest absolute Gasteiger partial charge is 0.422 e. The van der Waals surface area contributed by atoms with Crippen molar-refractivity contribution in [1.29, 1.82) is 0 Å². The zero-order chi connectivity index (χ0) is 24.0. The van der Waals surface area contributed by atoms with Gasteiger partial charge in [-0.25, -0.2) is 18.1 Å². The van der Waals surface area contributed by atoms with Crippen LogP contribution in [0.2, 0.25) is 0 Å². The fraction of sp³-hybridized carbons (Fsp3) is 0.286. The van der Waals surface area contributed by atoms with Gasteiger partial charge in [0.15, 0.2) is 22.3 Å². The van der Waals surface area contributed by atoms with E-state index >= 15 is 0 Å². The van der Waals surface area contributed by atoms with Crippen molar-refractivity contribution in [2.24, 2.45) is 0 Å². The number of aromatic nitrogens is 3. The summed E-state index contributed by atoms with van der Waals surface area (Å²) in [5, 5.41) is 4.46. The lowest BCUT2D eigenvalue weighted by Gasteiger charge is -2.19. The number of hydrogen-bond donors (Lipinski definition) is 0. The fourth-order valence-electron chi connectivity index (χ4n) is 3.42. The maximum absolute atomic E-state index is 13.2. The predicted octanol–water partition coefficient (Wildman–Crippen LogP) is 3.08. The molecule has 1 aromatic carbocycles. The van der Waals surface area contributed by atoms with Crippen LogP contribution in [0.4, 0.5) is 13.2 Å². The Morgan fingerprint density at radius 2 is 1.94 bits per heavy atom. The van der Waals surface area contributed by atoms with Gasteiger partial charge in [-0.1, -0.05) is 0 Å². The summed E-state index contributed by atoms with van der Waals surface area (Å²) in [4.78, 5) is 18.6. The number of hydrogen-bond acceptors (Lipinski definition) is 6. The van der Waals surface area contributed by atoms with E-state index in [1.54, 1.807) is 17.1 Å². The first kappa shape index (κ1) is 22.8. The van der Waals surface area contributed by atoms with Gasteiger partial charge in [-0.3, -0.25) is 4.79 Å². The number of alkyl halides is 3. The quantitative estimate of drug-likeness (QED) is 0.557. The number of nitrogens with zero attached hydrogens (tertiary/aromatic N) is 4. The number of aryl methyl sites for hydroxylation is 1. The Labute approximate surface area is 187 Å². The van der Waals surface area contributed by atoms with Crippen molar-refractivity contribution in [2.45, 2.75) is 31.1 Å². The maximum atomic E-state index is 13.2. The average molecular weight is 480 g/mol. The standard InChI is InChI=1S/C21H19F3N4O4S/c1-13-5-6-25-19(7-13)28-10-14-9-27(11-17(14)26-28)20(29)16-8-15(33(2,30)31)3-4-18(16)32-12-21(22,23)24/h3-8,10H,9,11-12H2,1-2H3. The summed E-state index contributed by atoms with van der Waals surface area (Å²) in [6.07, 6.45) is -0.281. The first-order valence-corrected chi connectivity index (χ1v) is 11.6. The molecule has 0 saturated heterocycles. The minimum absolute atomic E-state index is 0.106. The molecule has 0 saturated carbocycles. The number of benzene rings is 1. The molecule has 12 heteroatoms. The molecule has 0 N–H and O–H groups in total. The Morgan fingerprint density at radius 1 is 1.18 bits per heavy atom. The maximum Gasteiger partial charge on any atom is 0.422 e. The van der Waals surface area contributed by atoms with Gasteiger partial charge in [0, 0.05) is 30.8 Å². The molecular formula is C21H19F3N4O4S. The first-order valence-electron chi connectivity index (χ1n) is 9.74. The van der Waals surface area contributed by atoms with Gasteiger partial charge in [-0.05, 0) is 42.8 Å². The van der Waals surface area contributed by atoms with E-state index in [2.05, 4.69) is 10.1 Å². The van der Waals surface area contributed by atoms with E-state index in [4.69, 9.17) is 4.74 Å². The Bertz CT molecular complexity index is 1310. The molecule has 0 atom stereocenters. The lowest BCUT2D eigenvalue weighted by atomic mass is 10.1. The molecule has 2 aromatic heterocycles. The van der Waals surface area contributed by atoms with Gasteiger partial charge in [0.25, 0.3) is 5.91 Å². The number of fused-ring (bicyclic) bond motifs is 1. The summed E-state index contributed by atoms with van der Waals surface area (Å²) >= 11 is 0. The molecule has 3 heterocycles. The lowest BCUT2D eigenvalue weighted by molar-refractivity contribution is -0.153. The van der Waals surface area contributed by atoms with E-state index in [1.165, 1.54) is 4.90 Å². The number of carbonyl (C=O) groups excluding carboxylic acids is 1. The van der Waals surface area contributed by atoms with Crippen LogP contribution in [0.25, 0.3) is 5.82 Å². The Hall–Kier alpha value is -3.41. The zero-order valence-electron chi connectivity index (χ0n) is 17.6. The van der Waals surface area contributed by atoms with Crippen LogP contribution in [0.1, 0.15) is 27.2 Å². The normalized spacial score (nSPS) is 13.8. The van der Waals surface area contributed by atoms with Crippen LogP contribution in [-0.2, 0) is 22.9 Å². The van der Waals surface area contributed by atoms with Gasteiger partial charge in [-0.15, -0.1) is 0 Å². The minimum atomic E-state index is -4.62. The van der Waals surface area contributed by atoms with Crippen LogP contribution in [0, 0.1) is 6.92 Å². The molecule has 0 fully saturated rings. The number of pyridine rings is 1. The Balaban J connectivity index is 1.60. The number of carbonyl (C=O) groups is 1. The SMILES string of the molecule is Cc1ccnc(-n2cc3c(n2)CN(C(=O)c2cc(S(C)(=O)=O)ccc2OCC(F)(F)F)C3)c1. The second-order valence-electron chi connectivity index (χ2n) is 7.73. The molecule has 0 unspecified atom stereocenters. The Morgan fingerprint density at radius 3 is 2.58 bits per heavy atom. The average Bonchev–Trinajstić information content (AvgIpc) is 3.30. The number of amides is 1. The topological polar surface area (TPSA) is 94.4 Å². The number of halogens is 3.